The van der Waals surface area contributed by atoms with Gasteiger partial charge < -0.3 is 5.32 Å². The van der Waals surface area contributed by atoms with Crippen LogP contribution in [-0.4, -0.2) is 25.0 Å². The third-order valence-corrected chi connectivity index (χ3v) is 3.57. The maximum Gasteiger partial charge on any atom is 0.0236 e. The quantitative estimate of drug-likeness (QED) is 0.814. The molecule has 1 N–H and O–H groups in total. The first-order chi connectivity index (χ1) is 8.06. The van der Waals surface area contributed by atoms with Gasteiger partial charge in [0.15, 0.2) is 0 Å². The molecule has 1 aromatic rings. The van der Waals surface area contributed by atoms with Crippen LogP contribution in [0.15, 0.2) is 24.3 Å². The highest BCUT2D eigenvalue weighted by Gasteiger charge is 2.14. The smallest absolute Gasteiger partial charge is 0.0236 e. The normalized spacial score (nSPS) is 13.4. The second kappa shape index (κ2) is 6.77. The molecule has 0 spiro atoms. The minimum atomic E-state index is 0.609. The van der Waals surface area contributed by atoms with E-state index >= 15 is 0 Å². The molecule has 0 aliphatic heterocycles. The third-order valence-electron chi connectivity index (χ3n) is 3.57. The van der Waals surface area contributed by atoms with Crippen molar-refractivity contribution in [3.63, 3.8) is 0 Å². The molecule has 2 nitrogen and oxygen atoms in total. The Morgan fingerprint density at radius 3 is 2.24 bits per heavy atom. The zero-order valence-electron chi connectivity index (χ0n) is 11.8. The lowest BCUT2D eigenvalue weighted by Crippen LogP contribution is -2.33. The first-order valence-corrected chi connectivity index (χ1v) is 6.48. The molecule has 1 aromatic carbocycles. The summed E-state index contributed by atoms with van der Waals surface area (Å²) in [5.41, 5.74) is 2.83. The van der Waals surface area contributed by atoms with Crippen LogP contribution in [0, 0.1) is 5.92 Å². The van der Waals surface area contributed by atoms with Crippen LogP contribution < -0.4 is 5.32 Å². The molecular formula is C15H26N2. The van der Waals surface area contributed by atoms with E-state index in [1.165, 1.54) is 11.1 Å². The predicted molar refractivity (Wildman–Crippen MR) is 75.0 cm³/mol. The Labute approximate surface area is 106 Å². The van der Waals surface area contributed by atoms with E-state index in [4.69, 9.17) is 0 Å². The summed E-state index contributed by atoms with van der Waals surface area (Å²) >= 11 is 0. The Morgan fingerprint density at radius 1 is 1.12 bits per heavy atom. The molecule has 17 heavy (non-hydrogen) atoms. The van der Waals surface area contributed by atoms with Crippen molar-refractivity contribution in [3.8, 4) is 0 Å². The Balaban J connectivity index is 2.73. The van der Waals surface area contributed by atoms with Crippen LogP contribution >= 0.6 is 0 Å². The summed E-state index contributed by atoms with van der Waals surface area (Å²) in [7, 11) is 4.21. The van der Waals surface area contributed by atoms with Crippen LogP contribution in [0.25, 0.3) is 0 Å². The number of nitrogens with one attached hydrogen (secondary N) is 1. The van der Waals surface area contributed by atoms with E-state index in [2.05, 4.69) is 62.3 Å². The van der Waals surface area contributed by atoms with E-state index in [-0.39, 0.29) is 0 Å². The number of nitrogens with zero attached hydrogens (tertiary/aromatic N) is 1. The minimum absolute atomic E-state index is 0.609. The van der Waals surface area contributed by atoms with Crippen molar-refractivity contribution >= 4 is 0 Å². The van der Waals surface area contributed by atoms with Crippen LogP contribution in [0.2, 0.25) is 0 Å². The molecule has 0 heterocycles. The fraction of sp³-hybridized carbons (Fsp3) is 0.600. The monoisotopic (exact) mass is 234 g/mol. The molecule has 0 saturated carbocycles. The second-order valence-electron chi connectivity index (χ2n) is 5.20. The zero-order valence-corrected chi connectivity index (χ0v) is 11.8. The summed E-state index contributed by atoms with van der Waals surface area (Å²) in [4.78, 5) is 2.43. The summed E-state index contributed by atoms with van der Waals surface area (Å²) in [5.74, 6) is 0.691. The Kier molecular flexibility index (Phi) is 5.66. The van der Waals surface area contributed by atoms with E-state index < -0.39 is 0 Å². The van der Waals surface area contributed by atoms with E-state index in [0.29, 0.717) is 12.0 Å². The molecule has 0 aromatic heterocycles. The van der Waals surface area contributed by atoms with Gasteiger partial charge in [0.1, 0.15) is 0 Å². The predicted octanol–water partition coefficient (Wildman–Crippen LogP) is 2.88. The highest BCUT2D eigenvalue weighted by molar-refractivity contribution is 5.26. The summed E-state index contributed by atoms with van der Waals surface area (Å²) in [6, 6.07) is 9.29. The van der Waals surface area contributed by atoms with Crippen molar-refractivity contribution in [2.75, 3.05) is 14.1 Å². The molecule has 96 valence electrons. The van der Waals surface area contributed by atoms with E-state index in [0.717, 1.165) is 13.1 Å². The van der Waals surface area contributed by atoms with E-state index in [1.54, 1.807) is 0 Å². The fourth-order valence-corrected chi connectivity index (χ4v) is 2.00. The Morgan fingerprint density at radius 2 is 1.71 bits per heavy atom. The van der Waals surface area contributed by atoms with E-state index in [9.17, 15) is 0 Å². The summed E-state index contributed by atoms with van der Waals surface area (Å²) < 4.78 is 0. The van der Waals surface area contributed by atoms with Gasteiger partial charge >= 0.3 is 0 Å². The molecule has 0 saturated heterocycles. The van der Waals surface area contributed by atoms with Crippen LogP contribution in [-0.2, 0) is 13.1 Å². The molecular weight excluding hydrogens is 208 g/mol. The Bertz CT molecular complexity index is 333. The third kappa shape index (κ3) is 4.14. The zero-order chi connectivity index (χ0) is 12.8. The molecule has 1 unspecified atom stereocenters. The molecule has 0 aliphatic rings. The average molecular weight is 234 g/mol. The molecule has 1 rings (SSSR count). The van der Waals surface area contributed by atoms with Crippen LogP contribution in [0.5, 0.6) is 0 Å². The first kappa shape index (κ1) is 14.2. The number of hydrogen-bond donors (Lipinski definition) is 1. The molecule has 0 radical (unpaired) electrons. The van der Waals surface area contributed by atoms with Gasteiger partial charge in [0.25, 0.3) is 0 Å². The summed E-state index contributed by atoms with van der Waals surface area (Å²) in [6.07, 6.45) is 0. The number of rotatable bonds is 6. The van der Waals surface area contributed by atoms with Crippen molar-refractivity contribution in [1.29, 1.82) is 0 Å². The van der Waals surface area contributed by atoms with Gasteiger partial charge in [0.05, 0.1) is 0 Å². The Hall–Kier alpha value is -0.860. The molecule has 0 amide bonds. The maximum absolute atomic E-state index is 3.23. The van der Waals surface area contributed by atoms with Crippen molar-refractivity contribution in [2.45, 2.75) is 39.9 Å². The van der Waals surface area contributed by atoms with Gasteiger partial charge in [-0.2, -0.15) is 0 Å². The van der Waals surface area contributed by atoms with Gasteiger partial charge in [0, 0.05) is 19.1 Å². The molecule has 0 bridgehead atoms. The largest absolute Gasteiger partial charge is 0.316 e. The molecule has 0 aliphatic carbocycles. The van der Waals surface area contributed by atoms with Crippen molar-refractivity contribution in [3.05, 3.63) is 35.4 Å². The lowest BCUT2D eigenvalue weighted by atomic mass is 10.0. The second-order valence-corrected chi connectivity index (χ2v) is 5.20. The van der Waals surface area contributed by atoms with Crippen molar-refractivity contribution in [2.24, 2.45) is 5.92 Å². The van der Waals surface area contributed by atoms with Gasteiger partial charge in [-0.3, -0.25) is 4.90 Å². The number of hydrogen-bond acceptors (Lipinski definition) is 2. The molecule has 0 fully saturated rings. The first-order valence-electron chi connectivity index (χ1n) is 6.48. The SMILES string of the molecule is CNCc1ccccc1CN(C)C(C)C(C)C. The van der Waals surface area contributed by atoms with Gasteiger partial charge in [-0.1, -0.05) is 38.1 Å². The lowest BCUT2D eigenvalue weighted by molar-refractivity contribution is 0.200. The van der Waals surface area contributed by atoms with Gasteiger partial charge in [-0.05, 0) is 38.1 Å². The topological polar surface area (TPSA) is 15.3 Å². The highest BCUT2D eigenvalue weighted by atomic mass is 15.1. The summed E-state index contributed by atoms with van der Waals surface area (Å²) in [5, 5.41) is 3.23. The van der Waals surface area contributed by atoms with Crippen molar-refractivity contribution in [1.82, 2.24) is 10.2 Å². The van der Waals surface area contributed by atoms with Crippen LogP contribution in [0.3, 0.4) is 0 Å². The van der Waals surface area contributed by atoms with Gasteiger partial charge in [-0.15, -0.1) is 0 Å². The lowest BCUT2D eigenvalue weighted by Gasteiger charge is -2.28. The average Bonchev–Trinajstić information content (AvgIpc) is 2.30. The fourth-order valence-electron chi connectivity index (χ4n) is 2.00. The molecule has 2 heteroatoms. The maximum atomic E-state index is 3.23. The molecule has 1 atom stereocenters. The minimum Gasteiger partial charge on any atom is -0.316 e. The van der Waals surface area contributed by atoms with E-state index in [1.807, 2.05) is 7.05 Å². The van der Waals surface area contributed by atoms with Crippen LogP contribution in [0.1, 0.15) is 31.9 Å². The summed E-state index contributed by atoms with van der Waals surface area (Å²) in [6.45, 7) is 8.82. The van der Waals surface area contributed by atoms with Gasteiger partial charge in [-0.25, -0.2) is 0 Å². The number of benzene rings is 1. The highest BCUT2D eigenvalue weighted by Crippen LogP contribution is 2.15. The van der Waals surface area contributed by atoms with Gasteiger partial charge in [0.2, 0.25) is 0 Å². The standard InChI is InChI=1S/C15H26N2/c1-12(2)13(3)17(5)11-15-9-7-6-8-14(15)10-16-4/h6-9,12-13,16H,10-11H2,1-5H3. The van der Waals surface area contributed by atoms with Crippen molar-refractivity contribution < 1.29 is 0 Å². The van der Waals surface area contributed by atoms with Crippen LogP contribution in [0.4, 0.5) is 0 Å².